The van der Waals surface area contributed by atoms with Crippen molar-refractivity contribution in [2.45, 2.75) is 6.92 Å². The summed E-state index contributed by atoms with van der Waals surface area (Å²) >= 11 is 1.23. The van der Waals surface area contributed by atoms with Gasteiger partial charge < -0.3 is 5.32 Å². The van der Waals surface area contributed by atoms with E-state index < -0.39 is 0 Å². The van der Waals surface area contributed by atoms with Crippen LogP contribution in [0, 0.1) is 6.92 Å². The maximum Gasteiger partial charge on any atom is 0.167 e. The van der Waals surface area contributed by atoms with E-state index in [9.17, 15) is 0 Å². The predicted molar refractivity (Wildman–Crippen MR) is 59.6 cm³/mol. The molecule has 0 bridgehead atoms. The molecule has 72 valence electrons. The number of nitrogens with one attached hydrogen (secondary N) is 1. The molecule has 0 unspecified atom stereocenters. The van der Waals surface area contributed by atoms with Gasteiger partial charge in [0.05, 0.1) is 11.7 Å². The van der Waals surface area contributed by atoms with Crippen molar-refractivity contribution in [1.82, 2.24) is 8.75 Å². The summed E-state index contributed by atoms with van der Waals surface area (Å²) in [6.45, 7) is 2.07. The van der Waals surface area contributed by atoms with Crippen LogP contribution in [0.25, 0.3) is 11.3 Å². The molecule has 0 spiro atoms. The quantitative estimate of drug-likeness (QED) is 0.818. The summed E-state index contributed by atoms with van der Waals surface area (Å²) in [5.74, 6) is 0.846. The summed E-state index contributed by atoms with van der Waals surface area (Å²) in [6, 6.07) is 8.28. The third-order valence-corrected chi connectivity index (χ3v) is 2.58. The molecule has 1 aromatic heterocycles. The van der Waals surface area contributed by atoms with Crippen molar-refractivity contribution in [1.29, 1.82) is 0 Å². The summed E-state index contributed by atoms with van der Waals surface area (Å²) in [5, 5.41) is 3.03. The van der Waals surface area contributed by atoms with E-state index in [0.717, 1.165) is 17.1 Å². The van der Waals surface area contributed by atoms with Crippen molar-refractivity contribution in [3.05, 3.63) is 29.8 Å². The third-order valence-electron chi connectivity index (χ3n) is 2.05. The highest BCUT2D eigenvalue weighted by Crippen LogP contribution is 2.25. The monoisotopic (exact) mass is 205 g/mol. The van der Waals surface area contributed by atoms with Gasteiger partial charge in [0.25, 0.3) is 0 Å². The lowest BCUT2D eigenvalue weighted by Gasteiger charge is -2.00. The first kappa shape index (κ1) is 9.15. The first-order chi connectivity index (χ1) is 6.81. The lowest BCUT2D eigenvalue weighted by molar-refractivity contribution is 1.39. The van der Waals surface area contributed by atoms with E-state index in [1.807, 2.05) is 7.05 Å². The fourth-order valence-electron chi connectivity index (χ4n) is 1.25. The number of nitrogens with zero attached hydrogens (tertiary/aromatic N) is 2. The highest BCUT2D eigenvalue weighted by atomic mass is 32.1. The van der Waals surface area contributed by atoms with Crippen molar-refractivity contribution < 1.29 is 0 Å². The fraction of sp³-hybridized carbons (Fsp3) is 0.200. The standard InChI is InChI=1S/C10H11N3S/c1-7-3-5-8(6-4-7)9-10(11-2)13-14-12-9/h3-6H,1-2H3,(H,11,13). The molecule has 3 nitrogen and oxygen atoms in total. The maximum absolute atomic E-state index is 4.25. The van der Waals surface area contributed by atoms with Gasteiger partial charge in [0, 0.05) is 12.6 Å². The van der Waals surface area contributed by atoms with E-state index in [4.69, 9.17) is 0 Å². The summed E-state index contributed by atoms with van der Waals surface area (Å²) < 4.78 is 8.41. The first-order valence-electron chi connectivity index (χ1n) is 4.38. The van der Waals surface area contributed by atoms with Gasteiger partial charge in [0.2, 0.25) is 0 Å². The molecule has 14 heavy (non-hydrogen) atoms. The van der Waals surface area contributed by atoms with E-state index in [0.29, 0.717) is 0 Å². The third kappa shape index (κ3) is 1.61. The van der Waals surface area contributed by atoms with Crippen LogP contribution in [0.1, 0.15) is 5.56 Å². The molecule has 0 aliphatic heterocycles. The maximum atomic E-state index is 4.25. The molecular formula is C10H11N3S. The van der Waals surface area contributed by atoms with E-state index in [-0.39, 0.29) is 0 Å². The molecule has 1 heterocycles. The Morgan fingerprint density at radius 2 is 1.86 bits per heavy atom. The Morgan fingerprint density at radius 1 is 1.14 bits per heavy atom. The van der Waals surface area contributed by atoms with Crippen LogP contribution in [-0.2, 0) is 0 Å². The molecule has 0 saturated heterocycles. The molecule has 4 heteroatoms. The van der Waals surface area contributed by atoms with Gasteiger partial charge in [-0.15, -0.1) is 0 Å². The minimum atomic E-state index is 0.846. The lowest BCUT2D eigenvalue weighted by atomic mass is 10.1. The largest absolute Gasteiger partial charge is 0.370 e. The van der Waals surface area contributed by atoms with Crippen molar-refractivity contribution in [3.63, 3.8) is 0 Å². The van der Waals surface area contributed by atoms with Gasteiger partial charge in [-0.05, 0) is 6.92 Å². The number of anilines is 1. The Kier molecular flexibility index (Phi) is 2.45. The Balaban J connectivity index is 2.44. The van der Waals surface area contributed by atoms with Crippen molar-refractivity contribution in [2.24, 2.45) is 0 Å². The Bertz CT molecular complexity index is 419. The molecule has 0 fully saturated rings. The molecule has 0 radical (unpaired) electrons. The van der Waals surface area contributed by atoms with Crippen molar-refractivity contribution >= 4 is 17.5 Å². The van der Waals surface area contributed by atoms with Crippen LogP contribution < -0.4 is 5.32 Å². The molecular weight excluding hydrogens is 194 g/mol. The fourth-order valence-corrected chi connectivity index (χ4v) is 1.83. The number of aryl methyl sites for hydroxylation is 1. The molecule has 0 amide bonds. The number of benzene rings is 1. The summed E-state index contributed by atoms with van der Waals surface area (Å²) in [5.41, 5.74) is 3.29. The molecule has 0 saturated carbocycles. The normalized spacial score (nSPS) is 10.1. The molecule has 2 rings (SSSR count). The highest BCUT2D eigenvalue weighted by Gasteiger charge is 2.07. The molecule has 0 aliphatic rings. The summed E-state index contributed by atoms with van der Waals surface area (Å²) in [6.07, 6.45) is 0. The van der Waals surface area contributed by atoms with Crippen LogP contribution in [0.5, 0.6) is 0 Å². The van der Waals surface area contributed by atoms with Gasteiger partial charge in [0.15, 0.2) is 5.82 Å². The van der Waals surface area contributed by atoms with Crippen LogP contribution in [0.3, 0.4) is 0 Å². The Labute approximate surface area is 87.1 Å². The van der Waals surface area contributed by atoms with E-state index in [1.54, 1.807) is 0 Å². The second-order valence-electron chi connectivity index (χ2n) is 3.08. The molecule has 2 aromatic rings. The number of rotatable bonds is 2. The highest BCUT2D eigenvalue weighted by molar-refractivity contribution is 6.99. The van der Waals surface area contributed by atoms with Gasteiger partial charge in [-0.1, -0.05) is 29.8 Å². The van der Waals surface area contributed by atoms with Crippen LogP contribution in [-0.4, -0.2) is 15.8 Å². The van der Waals surface area contributed by atoms with Gasteiger partial charge in [-0.2, -0.15) is 8.75 Å². The van der Waals surface area contributed by atoms with Crippen LogP contribution in [0.15, 0.2) is 24.3 Å². The van der Waals surface area contributed by atoms with Gasteiger partial charge >= 0.3 is 0 Å². The van der Waals surface area contributed by atoms with Crippen molar-refractivity contribution in [2.75, 3.05) is 12.4 Å². The van der Waals surface area contributed by atoms with Gasteiger partial charge in [-0.25, -0.2) is 0 Å². The second-order valence-corrected chi connectivity index (χ2v) is 3.61. The molecule has 0 aliphatic carbocycles. The predicted octanol–water partition coefficient (Wildman–Crippen LogP) is 2.56. The van der Waals surface area contributed by atoms with E-state index in [1.165, 1.54) is 17.3 Å². The Hall–Kier alpha value is -1.42. The zero-order valence-corrected chi connectivity index (χ0v) is 8.93. The molecule has 0 atom stereocenters. The van der Waals surface area contributed by atoms with Gasteiger partial charge in [0.1, 0.15) is 5.69 Å². The topological polar surface area (TPSA) is 37.8 Å². The average molecular weight is 205 g/mol. The number of hydrogen-bond donors (Lipinski definition) is 1. The zero-order chi connectivity index (χ0) is 9.97. The van der Waals surface area contributed by atoms with Crippen LogP contribution >= 0.6 is 11.7 Å². The van der Waals surface area contributed by atoms with Crippen molar-refractivity contribution in [3.8, 4) is 11.3 Å². The van der Waals surface area contributed by atoms with Crippen LogP contribution in [0.4, 0.5) is 5.82 Å². The van der Waals surface area contributed by atoms with E-state index >= 15 is 0 Å². The summed E-state index contributed by atoms with van der Waals surface area (Å²) in [4.78, 5) is 0. The SMILES string of the molecule is CNc1nsnc1-c1ccc(C)cc1. The van der Waals surface area contributed by atoms with E-state index in [2.05, 4.69) is 45.3 Å². The second kappa shape index (κ2) is 3.75. The Morgan fingerprint density at radius 3 is 2.50 bits per heavy atom. The minimum absolute atomic E-state index is 0.846. The molecule has 1 aromatic carbocycles. The minimum Gasteiger partial charge on any atom is -0.370 e. The summed E-state index contributed by atoms with van der Waals surface area (Å²) in [7, 11) is 1.86. The number of hydrogen-bond acceptors (Lipinski definition) is 4. The van der Waals surface area contributed by atoms with Crippen LogP contribution in [0.2, 0.25) is 0 Å². The zero-order valence-electron chi connectivity index (χ0n) is 8.11. The average Bonchev–Trinajstić information content (AvgIpc) is 2.67. The van der Waals surface area contributed by atoms with Gasteiger partial charge in [-0.3, -0.25) is 0 Å². The molecule has 1 N–H and O–H groups in total. The lowest BCUT2D eigenvalue weighted by Crippen LogP contribution is -1.90. The first-order valence-corrected chi connectivity index (χ1v) is 5.11. The number of aromatic nitrogens is 2. The smallest absolute Gasteiger partial charge is 0.167 e.